The average molecular weight is 365 g/mol. The molecule has 1 saturated heterocycles. The lowest BCUT2D eigenvalue weighted by Gasteiger charge is -2.51. The third-order valence-electron chi connectivity index (χ3n) is 7.12. The second-order valence-electron chi connectivity index (χ2n) is 10.1. The molecule has 0 aromatic heterocycles. The molecule has 2 amide bonds. The molecule has 0 radical (unpaired) electrons. The van der Waals surface area contributed by atoms with E-state index in [9.17, 15) is 9.59 Å². The zero-order valence-corrected chi connectivity index (χ0v) is 17.3. The number of ether oxygens (including phenoxy) is 1. The molecular weight excluding hydrogens is 328 g/mol. The van der Waals surface area contributed by atoms with E-state index in [0.717, 1.165) is 31.6 Å². The number of carbonyl (C=O) groups is 2. The van der Waals surface area contributed by atoms with Crippen molar-refractivity contribution < 1.29 is 14.3 Å². The molecule has 3 aliphatic rings. The Morgan fingerprint density at radius 3 is 2.19 bits per heavy atom. The van der Waals surface area contributed by atoms with E-state index in [4.69, 9.17) is 4.74 Å². The van der Waals surface area contributed by atoms with Gasteiger partial charge in [-0.15, -0.1) is 0 Å². The van der Waals surface area contributed by atoms with Gasteiger partial charge in [0.05, 0.1) is 0 Å². The van der Waals surface area contributed by atoms with Crippen LogP contribution in [-0.4, -0.2) is 53.6 Å². The molecule has 0 aromatic carbocycles. The fourth-order valence-corrected chi connectivity index (χ4v) is 5.61. The summed E-state index contributed by atoms with van der Waals surface area (Å²) in [5.74, 6) is 0.728. The van der Waals surface area contributed by atoms with Gasteiger partial charge in [-0.05, 0) is 84.7 Å². The summed E-state index contributed by atoms with van der Waals surface area (Å²) in [6, 6.07) is 0. The van der Waals surface area contributed by atoms with Gasteiger partial charge in [-0.25, -0.2) is 9.69 Å². The van der Waals surface area contributed by atoms with Crippen LogP contribution in [0.5, 0.6) is 0 Å². The predicted octanol–water partition coefficient (Wildman–Crippen LogP) is 4.20. The fraction of sp³-hybridized carbons (Fsp3) is 0.905. The van der Waals surface area contributed by atoms with Crippen LogP contribution < -0.4 is 0 Å². The van der Waals surface area contributed by atoms with E-state index < -0.39 is 11.7 Å². The first kappa shape index (κ1) is 19.7. The van der Waals surface area contributed by atoms with Crippen molar-refractivity contribution in [1.29, 1.82) is 0 Å². The van der Waals surface area contributed by atoms with Gasteiger partial charge < -0.3 is 9.64 Å². The lowest BCUT2D eigenvalue weighted by Crippen LogP contribution is -2.54. The molecule has 148 valence electrons. The maximum absolute atomic E-state index is 12.5. The van der Waals surface area contributed by atoms with Crippen molar-refractivity contribution in [3.8, 4) is 0 Å². The van der Waals surface area contributed by atoms with Gasteiger partial charge in [-0.3, -0.25) is 4.79 Å². The number of hydrogen-bond donors (Lipinski definition) is 0. The highest BCUT2D eigenvalue weighted by Crippen LogP contribution is 2.53. The van der Waals surface area contributed by atoms with E-state index in [-0.39, 0.29) is 16.9 Å². The second kappa shape index (κ2) is 6.81. The number of imide groups is 1. The Morgan fingerprint density at radius 1 is 1.12 bits per heavy atom. The molecule has 1 spiro atoms. The molecular formula is C21H36N2O3. The number of rotatable bonds is 2. The molecule has 0 atom stereocenters. The predicted molar refractivity (Wildman–Crippen MR) is 102 cm³/mol. The molecule has 5 nitrogen and oxygen atoms in total. The van der Waals surface area contributed by atoms with Crippen LogP contribution in [0.2, 0.25) is 0 Å². The smallest absolute Gasteiger partial charge is 0.417 e. The molecule has 3 fully saturated rings. The van der Waals surface area contributed by atoms with Gasteiger partial charge in [0.15, 0.2) is 0 Å². The zero-order chi connectivity index (χ0) is 19.2. The minimum Gasteiger partial charge on any atom is -0.443 e. The standard InChI is InChI=1S/C21H36N2O3/c1-19(2,3)26-18(25)23-15-20(14-17(23)24)10-12-21(13-11-20,22(4)5)16-8-6-7-9-16/h16H,6-15H2,1-5H3. The maximum Gasteiger partial charge on any atom is 0.417 e. The van der Waals surface area contributed by atoms with Crippen molar-refractivity contribution in [3.63, 3.8) is 0 Å². The SMILES string of the molecule is CN(C)C1(C2CCCC2)CCC2(CC1)CC(=O)N(C(=O)OC(C)(C)C)C2. The molecule has 3 rings (SSSR count). The van der Waals surface area contributed by atoms with Crippen LogP contribution in [0.25, 0.3) is 0 Å². The topological polar surface area (TPSA) is 49.9 Å². The Kier molecular flexibility index (Phi) is 5.15. The molecule has 0 aromatic rings. The normalized spacial score (nSPS) is 33.5. The molecule has 26 heavy (non-hydrogen) atoms. The number of hydrogen-bond acceptors (Lipinski definition) is 4. The van der Waals surface area contributed by atoms with E-state index in [1.807, 2.05) is 20.8 Å². The van der Waals surface area contributed by atoms with E-state index in [1.165, 1.54) is 30.6 Å². The summed E-state index contributed by atoms with van der Waals surface area (Å²) in [4.78, 5) is 28.8. The van der Waals surface area contributed by atoms with Crippen molar-refractivity contribution in [2.75, 3.05) is 20.6 Å². The third kappa shape index (κ3) is 3.64. The first-order chi connectivity index (χ1) is 12.1. The van der Waals surface area contributed by atoms with Crippen molar-refractivity contribution in [3.05, 3.63) is 0 Å². The zero-order valence-electron chi connectivity index (χ0n) is 17.3. The number of amides is 2. The van der Waals surface area contributed by atoms with Gasteiger partial charge in [0.2, 0.25) is 5.91 Å². The Labute approximate surface area is 158 Å². The largest absolute Gasteiger partial charge is 0.443 e. The summed E-state index contributed by atoms with van der Waals surface area (Å²) in [5, 5.41) is 0. The molecule has 0 unspecified atom stereocenters. The molecule has 1 aliphatic heterocycles. The molecule has 1 heterocycles. The summed E-state index contributed by atoms with van der Waals surface area (Å²) < 4.78 is 5.44. The maximum atomic E-state index is 12.5. The number of likely N-dealkylation sites (tertiary alicyclic amines) is 1. The Balaban J connectivity index is 1.68. The average Bonchev–Trinajstić information content (AvgIpc) is 3.15. The van der Waals surface area contributed by atoms with Gasteiger partial charge in [0, 0.05) is 18.5 Å². The van der Waals surface area contributed by atoms with Gasteiger partial charge >= 0.3 is 6.09 Å². The summed E-state index contributed by atoms with van der Waals surface area (Å²) in [6.45, 7) is 6.06. The fourth-order valence-electron chi connectivity index (χ4n) is 5.61. The molecule has 2 saturated carbocycles. The van der Waals surface area contributed by atoms with Crippen LogP contribution in [0.4, 0.5) is 4.79 Å². The molecule has 0 bridgehead atoms. The van der Waals surface area contributed by atoms with Gasteiger partial charge in [0.1, 0.15) is 5.60 Å². The highest BCUT2D eigenvalue weighted by atomic mass is 16.6. The lowest BCUT2D eigenvalue weighted by molar-refractivity contribution is -0.127. The monoisotopic (exact) mass is 364 g/mol. The first-order valence-electron chi connectivity index (χ1n) is 10.3. The Morgan fingerprint density at radius 2 is 1.69 bits per heavy atom. The minimum absolute atomic E-state index is 0.0356. The molecule has 2 aliphatic carbocycles. The van der Waals surface area contributed by atoms with Crippen molar-refractivity contribution in [2.45, 2.75) is 89.7 Å². The van der Waals surface area contributed by atoms with Crippen LogP contribution in [0.3, 0.4) is 0 Å². The quantitative estimate of drug-likeness (QED) is 0.737. The second-order valence-corrected chi connectivity index (χ2v) is 10.1. The van der Waals surface area contributed by atoms with Gasteiger partial charge in [0.25, 0.3) is 0 Å². The summed E-state index contributed by atoms with van der Waals surface area (Å²) in [5.41, 5.74) is -0.321. The first-order valence-corrected chi connectivity index (χ1v) is 10.3. The van der Waals surface area contributed by atoms with E-state index in [1.54, 1.807) is 0 Å². The van der Waals surface area contributed by atoms with Crippen LogP contribution in [0, 0.1) is 11.3 Å². The van der Waals surface area contributed by atoms with Crippen molar-refractivity contribution in [2.24, 2.45) is 11.3 Å². The summed E-state index contributed by atoms with van der Waals surface area (Å²) in [6.07, 6.45) is 9.77. The summed E-state index contributed by atoms with van der Waals surface area (Å²) >= 11 is 0. The number of carbonyl (C=O) groups excluding carboxylic acids is 2. The van der Waals surface area contributed by atoms with E-state index >= 15 is 0 Å². The van der Waals surface area contributed by atoms with Crippen LogP contribution in [0.15, 0.2) is 0 Å². The third-order valence-corrected chi connectivity index (χ3v) is 7.12. The minimum atomic E-state index is -0.567. The van der Waals surface area contributed by atoms with Crippen molar-refractivity contribution >= 4 is 12.0 Å². The Bertz CT molecular complexity index is 550. The molecule has 0 N–H and O–H groups in total. The van der Waals surface area contributed by atoms with Gasteiger partial charge in [-0.1, -0.05) is 12.8 Å². The van der Waals surface area contributed by atoms with Crippen LogP contribution >= 0.6 is 0 Å². The van der Waals surface area contributed by atoms with Gasteiger partial charge in [-0.2, -0.15) is 0 Å². The molecule has 5 heteroatoms. The van der Waals surface area contributed by atoms with Crippen LogP contribution in [0.1, 0.15) is 78.6 Å². The lowest BCUT2D eigenvalue weighted by atomic mass is 9.62. The highest BCUT2D eigenvalue weighted by molar-refractivity contribution is 5.94. The van der Waals surface area contributed by atoms with Crippen LogP contribution in [-0.2, 0) is 9.53 Å². The van der Waals surface area contributed by atoms with E-state index in [2.05, 4.69) is 19.0 Å². The number of nitrogens with zero attached hydrogens (tertiary/aromatic N) is 2. The van der Waals surface area contributed by atoms with Crippen molar-refractivity contribution in [1.82, 2.24) is 9.80 Å². The highest BCUT2D eigenvalue weighted by Gasteiger charge is 2.53. The summed E-state index contributed by atoms with van der Waals surface area (Å²) in [7, 11) is 4.45. The Hall–Kier alpha value is -1.10. The van der Waals surface area contributed by atoms with E-state index in [0.29, 0.717) is 13.0 Å².